The number of pyridine rings is 1. The van der Waals surface area contributed by atoms with Crippen molar-refractivity contribution in [2.24, 2.45) is 5.92 Å². The number of H-pyrrole nitrogens is 1. The summed E-state index contributed by atoms with van der Waals surface area (Å²) in [5, 5.41) is 0.491. The molecule has 1 N–H and O–H groups in total. The third kappa shape index (κ3) is 5.15. The number of sulfone groups is 1. The maximum atomic E-state index is 11.7. The van der Waals surface area contributed by atoms with Crippen molar-refractivity contribution in [1.29, 1.82) is 0 Å². The molecule has 1 saturated carbocycles. The number of ketones is 1. The fourth-order valence-electron chi connectivity index (χ4n) is 4.61. The number of ether oxygens (including phenoxy) is 1. The maximum Gasteiger partial charge on any atom is 0.296 e. The quantitative estimate of drug-likeness (QED) is 0.339. The van der Waals surface area contributed by atoms with E-state index in [9.17, 15) is 13.2 Å². The van der Waals surface area contributed by atoms with Gasteiger partial charge in [0.2, 0.25) is 0 Å². The Morgan fingerprint density at radius 2 is 1.53 bits per heavy atom. The van der Waals surface area contributed by atoms with Crippen LogP contribution in [0.5, 0.6) is 6.01 Å². The first-order valence-electron chi connectivity index (χ1n) is 11.8. The zero-order valence-electron chi connectivity index (χ0n) is 20.0. The van der Waals surface area contributed by atoms with Crippen LogP contribution >= 0.6 is 11.6 Å². The van der Waals surface area contributed by atoms with Crippen molar-refractivity contribution in [1.82, 2.24) is 15.0 Å². The molecule has 0 unspecified atom stereocenters. The van der Waals surface area contributed by atoms with E-state index in [1.807, 2.05) is 24.3 Å². The molecule has 7 nitrogen and oxygen atoms in total. The number of fused-ring (bicyclic) bond motifs is 1. The predicted octanol–water partition coefficient (Wildman–Crippen LogP) is 5.88. The van der Waals surface area contributed by atoms with Crippen LogP contribution in [-0.2, 0) is 14.6 Å². The molecule has 1 aliphatic rings. The van der Waals surface area contributed by atoms with Gasteiger partial charge in [0.05, 0.1) is 21.1 Å². The van der Waals surface area contributed by atoms with Crippen LogP contribution in [0.3, 0.4) is 0 Å². The van der Waals surface area contributed by atoms with Crippen LogP contribution < -0.4 is 4.74 Å². The van der Waals surface area contributed by atoms with E-state index in [2.05, 4.69) is 15.0 Å². The van der Waals surface area contributed by atoms with Crippen LogP contribution in [0.2, 0.25) is 5.02 Å². The molecule has 2 heterocycles. The topological polar surface area (TPSA) is 102 Å². The number of hydrogen-bond donors (Lipinski definition) is 1. The summed E-state index contributed by atoms with van der Waals surface area (Å²) >= 11 is 6.56. The molecule has 0 spiro atoms. The predicted molar refractivity (Wildman–Crippen MR) is 140 cm³/mol. The number of Topliss-reactive ketones (excluding diaryl/α,β-unsaturated/α-hetero) is 1. The van der Waals surface area contributed by atoms with Crippen molar-refractivity contribution in [3.8, 4) is 28.4 Å². The highest BCUT2D eigenvalue weighted by Crippen LogP contribution is 2.32. The second-order valence-electron chi connectivity index (χ2n) is 9.31. The average Bonchev–Trinajstić information content (AvgIpc) is 3.24. The molecule has 2 aromatic carbocycles. The van der Waals surface area contributed by atoms with Crippen LogP contribution in [0.25, 0.3) is 33.5 Å². The van der Waals surface area contributed by atoms with Crippen LogP contribution in [0, 0.1) is 5.92 Å². The van der Waals surface area contributed by atoms with Gasteiger partial charge in [-0.15, -0.1) is 0 Å². The van der Waals surface area contributed by atoms with Gasteiger partial charge < -0.3 is 9.72 Å². The molecule has 2 aromatic heterocycles. The summed E-state index contributed by atoms with van der Waals surface area (Å²) in [6.45, 7) is 1.66. The van der Waals surface area contributed by atoms with Crippen molar-refractivity contribution < 1.29 is 17.9 Å². The fraction of sp³-hybridized carbons (Fsp3) is 0.296. The number of aromatic amines is 1. The number of benzene rings is 2. The van der Waals surface area contributed by atoms with Crippen molar-refractivity contribution >= 4 is 38.4 Å². The Kier molecular flexibility index (Phi) is 6.57. The molecule has 1 fully saturated rings. The summed E-state index contributed by atoms with van der Waals surface area (Å²) in [5.74, 6) is 0.392. The molecule has 4 aromatic rings. The molecule has 0 aliphatic heterocycles. The number of hydrogen-bond acceptors (Lipinski definition) is 6. The molecule has 36 heavy (non-hydrogen) atoms. The largest absolute Gasteiger partial charge is 0.461 e. The molecule has 0 saturated heterocycles. The molecule has 186 valence electrons. The second kappa shape index (κ2) is 9.67. The fourth-order valence-corrected chi connectivity index (χ4v) is 5.51. The Balaban J connectivity index is 1.34. The van der Waals surface area contributed by atoms with Gasteiger partial charge in [0, 0.05) is 17.7 Å². The third-order valence-electron chi connectivity index (χ3n) is 6.71. The molecular formula is C27H26ClN3O4S. The number of carbonyl (C=O) groups excluding carboxylic acids is 1. The number of nitrogens with zero attached hydrogens (tertiary/aromatic N) is 2. The molecule has 0 radical (unpaired) electrons. The third-order valence-corrected chi connectivity index (χ3v) is 8.12. The van der Waals surface area contributed by atoms with Gasteiger partial charge in [-0.2, -0.15) is 4.98 Å². The van der Waals surface area contributed by atoms with Gasteiger partial charge in [0.1, 0.15) is 11.9 Å². The summed E-state index contributed by atoms with van der Waals surface area (Å²) in [6, 6.07) is 16.8. The molecule has 0 bridgehead atoms. The first-order valence-corrected chi connectivity index (χ1v) is 14.1. The first-order chi connectivity index (χ1) is 17.2. The summed E-state index contributed by atoms with van der Waals surface area (Å²) in [6.07, 6.45) is 4.54. The van der Waals surface area contributed by atoms with Crippen molar-refractivity contribution in [2.75, 3.05) is 6.26 Å². The highest BCUT2D eigenvalue weighted by Gasteiger charge is 2.26. The minimum absolute atomic E-state index is 0.0233. The Morgan fingerprint density at radius 3 is 2.11 bits per heavy atom. The summed E-state index contributed by atoms with van der Waals surface area (Å²) in [4.78, 5) is 24.2. The zero-order chi connectivity index (χ0) is 25.4. The van der Waals surface area contributed by atoms with Gasteiger partial charge in [-0.25, -0.2) is 13.4 Å². The van der Waals surface area contributed by atoms with E-state index in [1.54, 1.807) is 37.3 Å². The highest BCUT2D eigenvalue weighted by atomic mass is 35.5. The average molecular weight is 524 g/mol. The Morgan fingerprint density at radius 1 is 0.944 bits per heavy atom. The Labute approximate surface area is 214 Å². The lowest BCUT2D eigenvalue weighted by molar-refractivity contribution is -0.122. The van der Waals surface area contributed by atoms with E-state index < -0.39 is 9.84 Å². The van der Waals surface area contributed by atoms with Crippen molar-refractivity contribution in [3.63, 3.8) is 0 Å². The molecule has 0 atom stereocenters. The lowest BCUT2D eigenvalue weighted by Gasteiger charge is -2.26. The van der Waals surface area contributed by atoms with E-state index in [4.69, 9.17) is 16.3 Å². The van der Waals surface area contributed by atoms with Gasteiger partial charge in [0.15, 0.2) is 15.5 Å². The number of halogens is 1. The standard InChI is InChI=1S/C27H26ClN3O4S/c1-16(32)17-7-11-21(12-8-17)35-27-29-24-15-23(28)25(30-26(24)31-27)20-5-3-18(4-6-20)19-9-13-22(14-10-19)36(2,33)34/h3-6,9-10,13-15,17,21H,7-8,11-12H2,1-2H3,(H,29,30,31). The lowest BCUT2D eigenvalue weighted by Crippen LogP contribution is -2.27. The van der Waals surface area contributed by atoms with Crippen LogP contribution in [0.4, 0.5) is 0 Å². The summed E-state index contributed by atoms with van der Waals surface area (Å²) in [5.41, 5.74) is 4.52. The van der Waals surface area contributed by atoms with Gasteiger partial charge >= 0.3 is 0 Å². The van der Waals surface area contributed by atoms with Gasteiger partial charge in [-0.3, -0.25) is 4.79 Å². The van der Waals surface area contributed by atoms with Gasteiger partial charge in [-0.05, 0) is 61.9 Å². The Bertz CT molecular complexity index is 1520. The van der Waals surface area contributed by atoms with E-state index in [0.717, 1.165) is 42.4 Å². The molecule has 1 aliphatic carbocycles. The molecular weight excluding hydrogens is 498 g/mol. The molecule has 9 heteroatoms. The van der Waals surface area contributed by atoms with E-state index in [0.29, 0.717) is 32.8 Å². The normalized spacial score (nSPS) is 18.3. The monoisotopic (exact) mass is 523 g/mol. The number of rotatable bonds is 6. The van der Waals surface area contributed by atoms with E-state index in [-0.39, 0.29) is 17.8 Å². The number of aromatic nitrogens is 3. The number of carbonyl (C=O) groups is 1. The van der Waals surface area contributed by atoms with E-state index >= 15 is 0 Å². The minimum atomic E-state index is -3.23. The first kappa shape index (κ1) is 24.5. The van der Waals surface area contributed by atoms with Crippen LogP contribution in [-0.4, -0.2) is 41.5 Å². The van der Waals surface area contributed by atoms with Crippen molar-refractivity contribution in [2.45, 2.75) is 43.6 Å². The van der Waals surface area contributed by atoms with E-state index in [1.165, 1.54) is 6.26 Å². The van der Waals surface area contributed by atoms with Crippen LogP contribution in [0.15, 0.2) is 59.5 Å². The number of nitrogens with one attached hydrogen (secondary N) is 1. The highest BCUT2D eigenvalue weighted by molar-refractivity contribution is 7.90. The number of imidazole rings is 1. The lowest BCUT2D eigenvalue weighted by atomic mass is 9.85. The van der Waals surface area contributed by atoms with Gasteiger partial charge in [0.25, 0.3) is 6.01 Å². The summed E-state index contributed by atoms with van der Waals surface area (Å²) in [7, 11) is -3.23. The smallest absolute Gasteiger partial charge is 0.296 e. The zero-order valence-corrected chi connectivity index (χ0v) is 21.6. The maximum absolute atomic E-state index is 11.7. The second-order valence-corrected chi connectivity index (χ2v) is 11.7. The van der Waals surface area contributed by atoms with Crippen molar-refractivity contribution in [3.05, 3.63) is 59.6 Å². The molecule has 5 rings (SSSR count). The van der Waals surface area contributed by atoms with Crippen LogP contribution in [0.1, 0.15) is 32.6 Å². The minimum Gasteiger partial charge on any atom is -0.461 e. The SMILES string of the molecule is CC(=O)C1CCC(Oc2nc3nc(-c4ccc(-c5ccc(S(C)(=O)=O)cc5)cc4)c(Cl)cc3[nH]2)CC1. The Hall–Kier alpha value is -3.23. The van der Waals surface area contributed by atoms with Gasteiger partial charge in [-0.1, -0.05) is 48.0 Å². The molecule has 0 amide bonds. The summed E-state index contributed by atoms with van der Waals surface area (Å²) < 4.78 is 29.4.